The van der Waals surface area contributed by atoms with E-state index in [2.05, 4.69) is 71.9 Å². The van der Waals surface area contributed by atoms with Crippen LogP contribution in [0.15, 0.2) is 60.9 Å². The maximum atomic E-state index is 8.39. The zero-order valence-electron chi connectivity index (χ0n) is 33.0. The molecule has 340 valence electrons. The minimum absolute atomic E-state index is 0. The Morgan fingerprint density at radius 1 is 0.433 bits per heavy atom. The summed E-state index contributed by atoms with van der Waals surface area (Å²) in [6.07, 6.45) is 0. The molecule has 60 heavy (non-hydrogen) atoms. The van der Waals surface area contributed by atoms with Crippen molar-refractivity contribution in [3.8, 4) is 11.8 Å². The molecule has 0 saturated heterocycles. The zero-order chi connectivity index (χ0) is 43.0. The highest BCUT2D eigenvalue weighted by atomic mass is 79.9. The molecule has 23 nitrogen and oxygen atoms in total. The van der Waals surface area contributed by atoms with Gasteiger partial charge in [0, 0.05) is 46.5 Å². The molecule has 0 aliphatic heterocycles. The van der Waals surface area contributed by atoms with Gasteiger partial charge in [-0.1, -0.05) is 34.9 Å². The van der Waals surface area contributed by atoms with Crippen molar-refractivity contribution in [2.75, 3.05) is 158 Å². The fourth-order valence-corrected chi connectivity index (χ4v) is 4.42. The zero-order valence-corrected chi connectivity index (χ0v) is 36.2. The fraction of sp³-hybridized carbons (Fsp3) is 0.714. The minimum Gasteiger partial charge on any atom is -0.475 e. The molecule has 0 atom stereocenters. The number of aliphatic hydroxyl groups is 1. The third kappa shape index (κ3) is 45.5. The molecule has 0 fully saturated rings. The van der Waals surface area contributed by atoms with Crippen molar-refractivity contribution in [2.45, 2.75) is 7.43 Å². The first-order valence-electron chi connectivity index (χ1n) is 18.4. The number of nitrogens with zero attached hydrogens (tertiary/aromatic N) is 11. The molecule has 0 radical (unpaired) electrons. The number of aliphatic hydroxyl groups excluding tert-OH is 1. The van der Waals surface area contributed by atoms with Crippen molar-refractivity contribution in [3.05, 3.63) is 76.9 Å². The Bertz CT molecular complexity index is 1320. The molecule has 0 unspecified atom stereocenters. The SMILES string of the molecule is Brc1cccc(Br)n1.C.[N-]=[N+]=NCCOCCOCCOCCO.[N-]=[N+]=NCCOCCOCCOCCOc1cccc(OCCOCCOCCOCCN=[N+]=[N-])n1. The van der Waals surface area contributed by atoms with Gasteiger partial charge >= 0.3 is 0 Å². The van der Waals surface area contributed by atoms with Crippen LogP contribution in [0.1, 0.15) is 7.43 Å². The first-order chi connectivity index (χ1) is 29.1. The third-order valence-corrected chi connectivity index (χ3v) is 6.88. The van der Waals surface area contributed by atoms with E-state index < -0.39 is 0 Å². The lowest BCUT2D eigenvalue weighted by Crippen LogP contribution is -2.14. The molecule has 0 aliphatic carbocycles. The molecule has 0 aromatic carbocycles. The number of ether oxygens (including phenoxy) is 11. The molecular weight excluding hydrogens is 926 g/mol. The summed E-state index contributed by atoms with van der Waals surface area (Å²) in [5.74, 6) is 0.891. The largest absolute Gasteiger partial charge is 0.475 e. The number of hydrogen-bond donors (Lipinski definition) is 1. The van der Waals surface area contributed by atoms with E-state index >= 15 is 0 Å². The Morgan fingerprint density at radius 3 is 1.00 bits per heavy atom. The van der Waals surface area contributed by atoms with Crippen molar-refractivity contribution in [1.29, 1.82) is 0 Å². The van der Waals surface area contributed by atoms with Crippen LogP contribution in [0, 0.1) is 0 Å². The van der Waals surface area contributed by atoms with Crippen LogP contribution in [0.4, 0.5) is 0 Å². The van der Waals surface area contributed by atoms with Gasteiger partial charge in [0.25, 0.3) is 0 Å². The van der Waals surface area contributed by atoms with Gasteiger partial charge in [0.1, 0.15) is 22.4 Å². The van der Waals surface area contributed by atoms with Gasteiger partial charge in [-0.05, 0) is 60.6 Å². The lowest BCUT2D eigenvalue weighted by atomic mass is 10.5. The van der Waals surface area contributed by atoms with Crippen LogP contribution in [0.3, 0.4) is 0 Å². The van der Waals surface area contributed by atoms with Crippen molar-refractivity contribution in [3.63, 3.8) is 0 Å². The molecule has 0 spiro atoms. The maximum absolute atomic E-state index is 8.39. The standard InChI is InChI=1S/C21H35N7O8.C8H17N3O4.C5H3Br2N.CH4/c22-27-24-4-6-29-8-10-31-12-14-33-16-18-35-20-2-1-3-21(26-20)36-19-17-34-15-13-32-11-9-30-7-5-25-28-23;9-11-10-1-3-13-5-7-15-8-6-14-4-2-12;6-4-2-1-3-5(7)8-4;/h1-3H,4-19H2;12H,1-8H2;1-3H;1H4. The highest BCUT2D eigenvalue weighted by molar-refractivity contribution is 9.11. The van der Waals surface area contributed by atoms with Crippen molar-refractivity contribution < 1.29 is 57.2 Å². The van der Waals surface area contributed by atoms with E-state index in [4.69, 9.17) is 73.8 Å². The van der Waals surface area contributed by atoms with Gasteiger partial charge in [-0.3, -0.25) is 0 Å². The van der Waals surface area contributed by atoms with Crippen molar-refractivity contribution in [2.24, 2.45) is 15.3 Å². The second-order valence-electron chi connectivity index (χ2n) is 10.4. The summed E-state index contributed by atoms with van der Waals surface area (Å²) in [5, 5.41) is 18.4. The number of pyridine rings is 2. The summed E-state index contributed by atoms with van der Waals surface area (Å²) in [6.45, 7) is 9.48. The third-order valence-electron chi connectivity index (χ3n) is 6.00. The lowest BCUT2D eigenvalue weighted by molar-refractivity contribution is 0.00889. The van der Waals surface area contributed by atoms with Gasteiger partial charge in [0.05, 0.1) is 126 Å². The molecule has 0 bridgehead atoms. The second-order valence-corrected chi connectivity index (χ2v) is 12.0. The number of azide groups is 3. The summed E-state index contributed by atoms with van der Waals surface area (Å²) < 4.78 is 60.1. The number of rotatable bonds is 37. The molecule has 0 aliphatic rings. The van der Waals surface area contributed by atoms with Crippen molar-refractivity contribution >= 4 is 31.9 Å². The molecule has 0 saturated carbocycles. The molecule has 2 heterocycles. The molecule has 25 heteroatoms. The molecule has 2 rings (SSSR count). The van der Waals surface area contributed by atoms with E-state index in [0.29, 0.717) is 164 Å². The predicted molar refractivity (Wildman–Crippen MR) is 228 cm³/mol. The Kier molecular flexibility index (Phi) is 48.5. The molecule has 1 N–H and O–H groups in total. The average molecular weight is 986 g/mol. The number of halogens is 2. The highest BCUT2D eigenvalue weighted by Gasteiger charge is 2.01. The van der Waals surface area contributed by atoms with Crippen LogP contribution >= 0.6 is 31.9 Å². The number of hydrogen-bond acceptors (Lipinski definition) is 17. The van der Waals surface area contributed by atoms with Gasteiger partial charge in [0.15, 0.2) is 0 Å². The highest BCUT2D eigenvalue weighted by Crippen LogP contribution is 2.13. The Hall–Kier alpha value is -3.61. The van der Waals surface area contributed by atoms with Crippen LogP contribution in [0.5, 0.6) is 11.8 Å². The van der Waals surface area contributed by atoms with E-state index in [1.807, 2.05) is 18.2 Å². The molecule has 0 amide bonds. The lowest BCUT2D eigenvalue weighted by Gasteiger charge is -2.10. The Morgan fingerprint density at radius 2 is 0.717 bits per heavy atom. The number of aromatic nitrogens is 2. The molecule has 2 aromatic rings. The summed E-state index contributed by atoms with van der Waals surface area (Å²) in [4.78, 5) is 16.1. The van der Waals surface area contributed by atoms with E-state index in [0.717, 1.165) is 9.21 Å². The quantitative estimate of drug-likeness (QED) is 0.0262. The normalized spacial score (nSPS) is 9.98. The van der Waals surface area contributed by atoms with E-state index in [1.165, 1.54) is 0 Å². The topological polar surface area (TPSA) is 294 Å². The van der Waals surface area contributed by atoms with Gasteiger partial charge < -0.3 is 57.2 Å². The van der Waals surface area contributed by atoms with Crippen LogP contribution in [0.25, 0.3) is 31.3 Å². The monoisotopic (exact) mass is 983 g/mol. The van der Waals surface area contributed by atoms with Crippen LogP contribution in [-0.4, -0.2) is 173 Å². The van der Waals surface area contributed by atoms with Gasteiger partial charge in [-0.15, -0.1) is 0 Å². The Balaban J connectivity index is 0. The first-order valence-corrected chi connectivity index (χ1v) is 20.0. The summed E-state index contributed by atoms with van der Waals surface area (Å²) >= 11 is 6.44. The van der Waals surface area contributed by atoms with E-state index in [-0.39, 0.29) is 14.0 Å². The van der Waals surface area contributed by atoms with E-state index in [9.17, 15) is 0 Å². The van der Waals surface area contributed by atoms with Gasteiger partial charge in [-0.25, -0.2) is 4.98 Å². The minimum atomic E-state index is 0. The fourth-order valence-electron chi connectivity index (χ4n) is 3.49. The first kappa shape index (κ1) is 58.5. The van der Waals surface area contributed by atoms with Crippen LogP contribution in [-0.2, 0) is 42.6 Å². The van der Waals surface area contributed by atoms with Gasteiger partial charge in [0.2, 0.25) is 11.8 Å². The van der Waals surface area contributed by atoms with Crippen LogP contribution < -0.4 is 9.47 Å². The van der Waals surface area contributed by atoms with Crippen molar-refractivity contribution in [1.82, 2.24) is 9.97 Å². The maximum Gasteiger partial charge on any atom is 0.216 e. The average Bonchev–Trinajstić information content (AvgIpc) is 3.24. The Labute approximate surface area is 367 Å². The summed E-state index contributed by atoms with van der Waals surface area (Å²) in [7, 11) is 0. The second kappa shape index (κ2) is 49.8. The molecular formula is C35H59Br2N11O12. The summed E-state index contributed by atoms with van der Waals surface area (Å²) in [6, 6.07) is 11.0. The smallest absolute Gasteiger partial charge is 0.216 e. The summed E-state index contributed by atoms with van der Waals surface area (Å²) in [5.41, 5.74) is 24.2. The van der Waals surface area contributed by atoms with Crippen LogP contribution in [0.2, 0.25) is 0 Å². The molecule has 2 aromatic heterocycles. The predicted octanol–water partition coefficient (Wildman–Crippen LogP) is 6.14. The van der Waals surface area contributed by atoms with E-state index in [1.54, 1.807) is 18.2 Å². The van der Waals surface area contributed by atoms with Gasteiger partial charge in [-0.2, -0.15) is 4.98 Å².